The summed E-state index contributed by atoms with van der Waals surface area (Å²) < 4.78 is 1.01. The van der Waals surface area contributed by atoms with Crippen molar-refractivity contribution in [2.24, 2.45) is 0 Å². The van der Waals surface area contributed by atoms with Crippen molar-refractivity contribution >= 4 is 38.6 Å². The first-order chi connectivity index (χ1) is 10.2. The van der Waals surface area contributed by atoms with E-state index >= 15 is 0 Å². The molecule has 2 heterocycles. The van der Waals surface area contributed by atoms with Crippen LogP contribution in [0.5, 0.6) is 0 Å². The number of anilines is 1. The number of hydrogen-bond donors (Lipinski definition) is 3. The maximum absolute atomic E-state index is 12.0. The molecule has 6 nitrogen and oxygen atoms in total. The lowest BCUT2D eigenvalue weighted by Gasteiger charge is -2.14. The van der Waals surface area contributed by atoms with Gasteiger partial charge < -0.3 is 10.6 Å². The Morgan fingerprint density at radius 3 is 3.05 bits per heavy atom. The van der Waals surface area contributed by atoms with E-state index in [1.807, 2.05) is 24.3 Å². The fraction of sp³-hybridized carbons (Fsp3) is 0.357. The van der Waals surface area contributed by atoms with Gasteiger partial charge in [0.2, 0.25) is 5.91 Å². The van der Waals surface area contributed by atoms with Crippen molar-refractivity contribution in [2.45, 2.75) is 25.3 Å². The molecule has 0 radical (unpaired) electrons. The fourth-order valence-electron chi connectivity index (χ4n) is 2.29. The predicted octanol–water partition coefficient (Wildman–Crippen LogP) is 2.09. The number of hydrogen-bond acceptors (Lipinski definition) is 4. The number of carbonyl (C=O) groups is 2. The molecule has 3 N–H and O–H groups in total. The van der Waals surface area contributed by atoms with Gasteiger partial charge in [0.1, 0.15) is 6.04 Å². The van der Waals surface area contributed by atoms with Crippen LogP contribution >= 0.6 is 11.3 Å². The molecule has 1 fully saturated rings. The second-order valence-electron chi connectivity index (χ2n) is 4.92. The van der Waals surface area contributed by atoms with Crippen LogP contribution in [0.25, 0.3) is 10.2 Å². The topological polar surface area (TPSA) is 83.1 Å². The number of thiazole rings is 1. The zero-order valence-corrected chi connectivity index (χ0v) is 12.2. The molecule has 1 aromatic heterocycles. The molecule has 0 bridgehead atoms. The highest BCUT2D eigenvalue weighted by Gasteiger charge is 2.22. The van der Waals surface area contributed by atoms with Gasteiger partial charge in [0.15, 0.2) is 5.13 Å². The molecule has 1 aliphatic heterocycles. The summed E-state index contributed by atoms with van der Waals surface area (Å²) in [5.74, 6) is -0.119. The minimum Gasteiger partial charge on any atom is -0.354 e. The van der Waals surface area contributed by atoms with Gasteiger partial charge in [0.05, 0.1) is 10.2 Å². The van der Waals surface area contributed by atoms with Gasteiger partial charge >= 0.3 is 6.03 Å². The number of carbonyl (C=O) groups excluding carboxylic acids is 2. The highest BCUT2D eigenvalue weighted by Crippen LogP contribution is 2.25. The molecule has 21 heavy (non-hydrogen) atoms. The van der Waals surface area contributed by atoms with Gasteiger partial charge in [-0.25, -0.2) is 9.78 Å². The van der Waals surface area contributed by atoms with Crippen molar-refractivity contribution in [3.8, 4) is 0 Å². The van der Waals surface area contributed by atoms with E-state index in [0.29, 0.717) is 18.1 Å². The molecule has 1 aliphatic rings. The summed E-state index contributed by atoms with van der Waals surface area (Å²) in [7, 11) is 0. The van der Waals surface area contributed by atoms with E-state index in [0.717, 1.165) is 23.1 Å². The molecule has 7 heteroatoms. The normalized spacial score (nSPS) is 18.9. The summed E-state index contributed by atoms with van der Waals surface area (Å²) in [5, 5.41) is 8.72. The number of para-hydroxylation sites is 1. The SMILES string of the molecule is O=C(Nc1nc2ccccc2s1)N[C@H]1CCCCNC1=O. The van der Waals surface area contributed by atoms with Gasteiger partial charge in [-0.15, -0.1) is 0 Å². The number of amides is 3. The van der Waals surface area contributed by atoms with E-state index < -0.39 is 12.1 Å². The van der Waals surface area contributed by atoms with Crippen LogP contribution in [0.15, 0.2) is 24.3 Å². The third kappa shape index (κ3) is 3.30. The molecule has 110 valence electrons. The van der Waals surface area contributed by atoms with Crippen LogP contribution in [0.2, 0.25) is 0 Å². The Morgan fingerprint density at radius 1 is 1.33 bits per heavy atom. The Balaban J connectivity index is 1.64. The minimum absolute atomic E-state index is 0.119. The molecule has 2 aromatic rings. The quantitative estimate of drug-likeness (QED) is 0.794. The molecule has 0 saturated carbocycles. The molecule has 1 saturated heterocycles. The first-order valence-corrected chi connectivity index (χ1v) is 7.75. The highest BCUT2D eigenvalue weighted by molar-refractivity contribution is 7.22. The van der Waals surface area contributed by atoms with Gasteiger partial charge in [-0.3, -0.25) is 10.1 Å². The van der Waals surface area contributed by atoms with Crippen LogP contribution in [0.1, 0.15) is 19.3 Å². The fourth-order valence-corrected chi connectivity index (χ4v) is 3.16. The Labute approximate surface area is 125 Å². The zero-order chi connectivity index (χ0) is 14.7. The molecular formula is C14H16N4O2S. The van der Waals surface area contributed by atoms with Crippen molar-refractivity contribution < 1.29 is 9.59 Å². The van der Waals surface area contributed by atoms with Gasteiger partial charge in [0, 0.05) is 6.54 Å². The largest absolute Gasteiger partial charge is 0.354 e. The summed E-state index contributed by atoms with van der Waals surface area (Å²) in [6.45, 7) is 0.677. The first kappa shape index (κ1) is 13.8. The summed E-state index contributed by atoms with van der Waals surface area (Å²) in [6, 6.07) is 6.82. The third-order valence-corrected chi connectivity index (χ3v) is 4.31. The Hall–Kier alpha value is -2.15. The number of nitrogens with zero attached hydrogens (tertiary/aromatic N) is 1. The van der Waals surface area contributed by atoms with Crippen molar-refractivity contribution in [3.05, 3.63) is 24.3 Å². The maximum atomic E-state index is 12.0. The average molecular weight is 304 g/mol. The van der Waals surface area contributed by atoms with Crippen molar-refractivity contribution in [2.75, 3.05) is 11.9 Å². The average Bonchev–Trinajstić information content (AvgIpc) is 2.76. The summed E-state index contributed by atoms with van der Waals surface area (Å²) >= 11 is 1.41. The Kier molecular flexibility index (Phi) is 4.01. The summed E-state index contributed by atoms with van der Waals surface area (Å²) in [6.07, 6.45) is 2.54. The lowest BCUT2D eigenvalue weighted by molar-refractivity contribution is -0.122. The van der Waals surface area contributed by atoms with Crippen molar-refractivity contribution in [1.82, 2.24) is 15.6 Å². The molecular weight excluding hydrogens is 288 g/mol. The number of nitrogens with one attached hydrogen (secondary N) is 3. The summed E-state index contributed by atoms with van der Waals surface area (Å²) in [5.41, 5.74) is 0.852. The summed E-state index contributed by atoms with van der Waals surface area (Å²) in [4.78, 5) is 28.1. The monoisotopic (exact) mass is 304 g/mol. The molecule has 3 rings (SSSR count). The van der Waals surface area contributed by atoms with Crippen molar-refractivity contribution in [3.63, 3.8) is 0 Å². The number of aromatic nitrogens is 1. The molecule has 1 atom stereocenters. The van der Waals surface area contributed by atoms with E-state index in [-0.39, 0.29) is 5.91 Å². The molecule has 0 spiro atoms. The van der Waals surface area contributed by atoms with Gasteiger partial charge in [0.25, 0.3) is 0 Å². The molecule has 0 unspecified atom stereocenters. The zero-order valence-electron chi connectivity index (χ0n) is 11.4. The number of rotatable bonds is 2. The van der Waals surface area contributed by atoms with Crippen LogP contribution in [0.4, 0.5) is 9.93 Å². The van der Waals surface area contributed by atoms with E-state index in [2.05, 4.69) is 20.9 Å². The molecule has 1 aromatic carbocycles. The van der Waals surface area contributed by atoms with Gasteiger partial charge in [-0.05, 0) is 31.4 Å². The van der Waals surface area contributed by atoms with Crippen LogP contribution in [0, 0.1) is 0 Å². The molecule has 3 amide bonds. The second-order valence-corrected chi connectivity index (χ2v) is 5.96. The minimum atomic E-state index is -0.470. The Bertz CT molecular complexity index is 637. The number of fused-ring (bicyclic) bond motifs is 1. The van der Waals surface area contributed by atoms with Crippen LogP contribution in [-0.4, -0.2) is 29.5 Å². The highest BCUT2D eigenvalue weighted by atomic mass is 32.1. The van der Waals surface area contributed by atoms with Gasteiger partial charge in [-0.1, -0.05) is 23.5 Å². The van der Waals surface area contributed by atoms with E-state index in [1.165, 1.54) is 11.3 Å². The first-order valence-electron chi connectivity index (χ1n) is 6.93. The van der Waals surface area contributed by atoms with Crippen LogP contribution in [0.3, 0.4) is 0 Å². The van der Waals surface area contributed by atoms with Crippen molar-refractivity contribution in [1.29, 1.82) is 0 Å². The van der Waals surface area contributed by atoms with Crippen LogP contribution < -0.4 is 16.0 Å². The predicted molar refractivity (Wildman–Crippen MR) is 82.4 cm³/mol. The Morgan fingerprint density at radius 2 is 2.19 bits per heavy atom. The lowest BCUT2D eigenvalue weighted by Crippen LogP contribution is -2.46. The smallest absolute Gasteiger partial charge is 0.321 e. The number of urea groups is 1. The third-order valence-electron chi connectivity index (χ3n) is 3.35. The second kappa shape index (κ2) is 6.09. The standard InChI is InChI=1S/C14H16N4O2S/c19-12-10(6-3-4-8-15-12)16-13(20)18-14-17-9-5-1-2-7-11(9)21-14/h1-2,5,7,10H,3-4,6,8H2,(H,15,19)(H2,16,17,18,20)/t10-/m0/s1. The van der Waals surface area contributed by atoms with E-state index in [4.69, 9.17) is 0 Å². The lowest BCUT2D eigenvalue weighted by atomic mass is 10.1. The molecule has 0 aliphatic carbocycles. The van der Waals surface area contributed by atoms with E-state index in [1.54, 1.807) is 0 Å². The number of benzene rings is 1. The maximum Gasteiger partial charge on any atom is 0.321 e. The van der Waals surface area contributed by atoms with Gasteiger partial charge in [-0.2, -0.15) is 0 Å². The van der Waals surface area contributed by atoms with E-state index in [9.17, 15) is 9.59 Å². The van der Waals surface area contributed by atoms with Crippen LogP contribution in [-0.2, 0) is 4.79 Å².